The molecule has 1 unspecified atom stereocenters. The summed E-state index contributed by atoms with van der Waals surface area (Å²) in [6, 6.07) is 10.9. The Morgan fingerprint density at radius 3 is 2.59 bits per heavy atom. The van der Waals surface area contributed by atoms with Crippen LogP contribution in [0, 0.1) is 0 Å². The van der Waals surface area contributed by atoms with Crippen molar-refractivity contribution in [3.05, 3.63) is 65.6 Å². The zero-order valence-electron chi connectivity index (χ0n) is 15.2. The van der Waals surface area contributed by atoms with Crippen molar-refractivity contribution in [2.45, 2.75) is 13.0 Å². The van der Waals surface area contributed by atoms with Gasteiger partial charge >= 0.3 is 0 Å². The molecule has 1 fully saturated rings. The molecular formula is C20H21N5OS. The number of rotatable bonds is 4. The molecule has 1 atom stereocenters. The van der Waals surface area contributed by atoms with Crippen LogP contribution in [0.5, 0.6) is 0 Å². The smallest absolute Gasteiger partial charge is 0.273 e. The van der Waals surface area contributed by atoms with Gasteiger partial charge in [0, 0.05) is 50.0 Å². The first kappa shape index (κ1) is 17.8. The largest absolute Gasteiger partial charge is 0.335 e. The van der Waals surface area contributed by atoms with Crippen LogP contribution in [0.4, 0.5) is 0 Å². The van der Waals surface area contributed by atoms with E-state index >= 15 is 0 Å². The lowest BCUT2D eigenvalue weighted by atomic mass is 10.1. The number of aromatic nitrogens is 3. The SMILES string of the molecule is CC(c1ccccc1)N1CCN(C(=O)c2csc(-c3cnccn3)n2)CC1. The molecule has 0 N–H and O–H groups in total. The quantitative estimate of drug-likeness (QED) is 0.697. The van der Waals surface area contributed by atoms with Crippen molar-refractivity contribution in [2.24, 2.45) is 0 Å². The first-order valence-corrected chi connectivity index (χ1v) is 9.90. The van der Waals surface area contributed by atoms with E-state index in [4.69, 9.17) is 0 Å². The lowest BCUT2D eigenvalue weighted by Crippen LogP contribution is -2.49. The molecule has 1 saturated heterocycles. The van der Waals surface area contributed by atoms with Gasteiger partial charge in [0.25, 0.3) is 5.91 Å². The minimum absolute atomic E-state index is 0.00611. The van der Waals surface area contributed by atoms with Gasteiger partial charge in [0.1, 0.15) is 16.4 Å². The summed E-state index contributed by atoms with van der Waals surface area (Å²) >= 11 is 1.43. The Morgan fingerprint density at radius 1 is 1.11 bits per heavy atom. The first-order valence-electron chi connectivity index (χ1n) is 9.02. The standard InChI is InChI=1S/C20H21N5OS/c1-15(16-5-3-2-4-6-16)24-9-11-25(12-10-24)20(26)18-14-27-19(23-18)17-13-21-7-8-22-17/h2-8,13-15H,9-12H2,1H3. The van der Waals surface area contributed by atoms with Crippen LogP contribution >= 0.6 is 11.3 Å². The lowest BCUT2D eigenvalue weighted by molar-refractivity contribution is 0.0577. The van der Waals surface area contributed by atoms with Crippen LogP contribution < -0.4 is 0 Å². The fourth-order valence-corrected chi connectivity index (χ4v) is 4.07. The van der Waals surface area contributed by atoms with Crippen LogP contribution in [-0.2, 0) is 0 Å². The average molecular weight is 379 g/mol. The van der Waals surface area contributed by atoms with Crippen molar-refractivity contribution in [1.29, 1.82) is 0 Å². The van der Waals surface area contributed by atoms with Crippen molar-refractivity contribution in [3.8, 4) is 10.7 Å². The summed E-state index contributed by atoms with van der Waals surface area (Å²) in [6.07, 6.45) is 4.92. The number of carbonyl (C=O) groups is 1. The van der Waals surface area contributed by atoms with E-state index < -0.39 is 0 Å². The Labute approximate surface area is 162 Å². The molecule has 1 aromatic carbocycles. The molecule has 27 heavy (non-hydrogen) atoms. The highest BCUT2D eigenvalue weighted by Crippen LogP contribution is 2.24. The summed E-state index contributed by atoms with van der Waals surface area (Å²) < 4.78 is 0. The maximum atomic E-state index is 12.8. The molecule has 3 heterocycles. The van der Waals surface area contributed by atoms with E-state index in [1.165, 1.54) is 16.9 Å². The van der Waals surface area contributed by atoms with Gasteiger partial charge in [-0.25, -0.2) is 4.98 Å². The Kier molecular flexibility index (Phi) is 5.22. The summed E-state index contributed by atoms with van der Waals surface area (Å²) in [5.74, 6) is -0.00611. The second kappa shape index (κ2) is 7.94. The number of carbonyl (C=O) groups excluding carboxylic acids is 1. The van der Waals surface area contributed by atoms with Gasteiger partial charge in [0.05, 0.1) is 6.20 Å². The number of hydrogen-bond donors (Lipinski definition) is 0. The summed E-state index contributed by atoms with van der Waals surface area (Å²) in [5, 5.41) is 2.54. The first-order chi connectivity index (χ1) is 13.2. The van der Waals surface area contributed by atoms with Gasteiger partial charge in [0.15, 0.2) is 0 Å². The van der Waals surface area contributed by atoms with Crippen molar-refractivity contribution in [3.63, 3.8) is 0 Å². The van der Waals surface area contributed by atoms with Crippen LogP contribution in [0.15, 0.2) is 54.3 Å². The molecule has 0 spiro atoms. The molecule has 138 valence electrons. The third-order valence-electron chi connectivity index (χ3n) is 4.94. The Hall–Kier alpha value is -2.64. The van der Waals surface area contributed by atoms with E-state index in [-0.39, 0.29) is 5.91 Å². The van der Waals surface area contributed by atoms with Gasteiger partial charge in [-0.05, 0) is 12.5 Å². The summed E-state index contributed by atoms with van der Waals surface area (Å²) in [6.45, 7) is 5.38. The summed E-state index contributed by atoms with van der Waals surface area (Å²) in [5.41, 5.74) is 2.50. The molecule has 7 heteroatoms. The minimum Gasteiger partial charge on any atom is -0.335 e. The summed E-state index contributed by atoms with van der Waals surface area (Å²) in [7, 11) is 0. The van der Waals surface area contributed by atoms with E-state index in [0.717, 1.165) is 18.1 Å². The molecule has 2 aromatic heterocycles. The predicted molar refractivity (Wildman–Crippen MR) is 105 cm³/mol. The van der Waals surface area contributed by atoms with Crippen molar-refractivity contribution >= 4 is 17.2 Å². The van der Waals surface area contributed by atoms with Crippen LogP contribution in [0.25, 0.3) is 10.7 Å². The van der Waals surface area contributed by atoms with Gasteiger partial charge in [-0.3, -0.25) is 19.7 Å². The van der Waals surface area contributed by atoms with E-state index in [0.29, 0.717) is 30.5 Å². The normalized spacial score (nSPS) is 16.3. The van der Waals surface area contributed by atoms with E-state index in [2.05, 4.69) is 51.0 Å². The second-order valence-corrected chi connectivity index (χ2v) is 7.40. The molecule has 3 aromatic rings. The van der Waals surface area contributed by atoms with Crippen LogP contribution in [-0.4, -0.2) is 56.8 Å². The molecule has 1 amide bonds. The van der Waals surface area contributed by atoms with Crippen molar-refractivity contribution in [2.75, 3.05) is 26.2 Å². The van der Waals surface area contributed by atoms with Gasteiger partial charge in [-0.15, -0.1) is 11.3 Å². The number of piperazine rings is 1. The number of hydrogen-bond acceptors (Lipinski definition) is 6. The van der Waals surface area contributed by atoms with Crippen LogP contribution in [0.2, 0.25) is 0 Å². The molecule has 1 aliphatic heterocycles. The molecule has 0 radical (unpaired) electrons. The molecule has 0 saturated carbocycles. The lowest BCUT2D eigenvalue weighted by Gasteiger charge is -2.38. The fourth-order valence-electron chi connectivity index (χ4n) is 3.32. The molecule has 0 aliphatic carbocycles. The topological polar surface area (TPSA) is 62.2 Å². The van der Waals surface area contributed by atoms with Crippen LogP contribution in [0.3, 0.4) is 0 Å². The Balaban J connectivity index is 1.38. The highest BCUT2D eigenvalue weighted by atomic mass is 32.1. The van der Waals surface area contributed by atoms with Gasteiger partial charge in [-0.2, -0.15) is 0 Å². The highest BCUT2D eigenvalue weighted by molar-refractivity contribution is 7.13. The molecular weight excluding hydrogens is 358 g/mol. The third-order valence-corrected chi connectivity index (χ3v) is 5.80. The fraction of sp³-hybridized carbons (Fsp3) is 0.300. The maximum absolute atomic E-state index is 12.8. The van der Waals surface area contributed by atoms with Gasteiger partial charge in [0.2, 0.25) is 0 Å². The average Bonchev–Trinajstić information content (AvgIpc) is 3.24. The number of nitrogens with zero attached hydrogens (tertiary/aromatic N) is 5. The molecule has 4 rings (SSSR count). The number of benzene rings is 1. The monoisotopic (exact) mass is 379 g/mol. The number of amides is 1. The summed E-state index contributed by atoms with van der Waals surface area (Å²) in [4.78, 5) is 29.9. The van der Waals surface area contributed by atoms with Crippen molar-refractivity contribution < 1.29 is 4.79 Å². The predicted octanol–water partition coefficient (Wildman–Crippen LogP) is 3.12. The van der Waals surface area contributed by atoms with E-state index in [1.807, 2.05) is 16.3 Å². The van der Waals surface area contributed by atoms with Crippen molar-refractivity contribution in [1.82, 2.24) is 24.8 Å². The Bertz CT molecular complexity index is 891. The molecule has 0 bridgehead atoms. The molecule has 1 aliphatic rings. The van der Waals surface area contributed by atoms with Gasteiger partial charge in [-0.1, -0.05) is 30.3 Å². The van der Waals surface area contributed by atoms with E-state index in [1.54, 1.807) is 18.6 Å². The minimum atomic E-state index is -0.00611. The second-order valence-electron chi connectivity index (χ2n) is 6.54. The number of thiazole rings is 1. The van der Waals surface area contributed by atoms with Gasteiger partial charge < -0.3 is 4.90 Å². The zero-order chi connectivity index (χ0) is 18.6. The maximum Gasteiger partial charge on any atom is 0.273 e. The Morgan fingerprint density at radius 2 is 1.89 bits per heavy atom. The van der Waals surface area contributed by atoms with Crippen LogP contribution in [0.1, 0.15) is 29.0 Å². The zero-order valence-corrected chi connectivity index (χ0v) is 16.0. The molecule has 6 nitrogen and oxygen atoms in total. The third kappa shape index (κ3) is 3.89. The van der Waals surface area contributed by atoms with E-state index in [9.17, 15) is 4.79 Å². The highest BCUT2D eigenvalue weighted by Gasteiger charge is 2.26.